The first-order chi connectivity index (χ1) is 14.7. The number of hydrogen-bond acceptors (Lipinski definition) is 6. The SMILES string of the molecule is O=C1CO[C@H]2CCN(C(=O)N3CC(OCc4ccc(OC(F)(F)F)cc4O)C3)C[C@H]2N1. The van der Waals surface area contributed by atoms with Gasteiger partial charge in [-0.3, -0.25) is 4.79 Å². The third-order valence-electron chi connectivity index (χ3n) is 5.48. The molecule has 3 saturated heterocycles. The van der Waals surface area contributed by atoms with Crippen LogP contribution < -0.4 is 10.1 Å². The van der Waals surface area contributed by atoms with Crippen molar-refractivity contribution in [2.24, 2.45) is 0 Å². The topological polar surface area (TPSA) is 101 Å². The van der Waals surface area contributed by atoms with Gasteiger partial charge in [0.05, 0.1) is 37.9 Å². The maximum atomic E-state index is 12.7. The molecule has 0 saturated carbocycles. The highest BCUT2D eigenvalue weighted by molar-refractivity contribution is 5.79. The van der Waals surface area contributed by atoms with Crippen LogP contribution in [0.4, 0.5) is 18.0 Å². The Balaban J connectivity index is 1.22. The molecular formula is C19H22F3N3O6. The number of carbonyl (C=O) groups excluding carboxylic acids is 2. The van der Waals surface area contributed by atoms with E-state index in [-0.39, 0.29) is 49.2 Å². The van der Waals surface area contributed by atoms with Crippen molar-refractivity contribution >= 4 is 11.9 Å². The smallest absolute Gasteiger partial charge is 0.507 e. The summed E-state index contributed by atoms with van der Waals surface area (Å²) in [6.45, 7) is 1.69. The molecule has 3 aliphatic rings. The molecule has 0 aliphatic carbocycles. The normalized spacial score (nSPS) is 24.3. The number of carbonyl (C=O) groups is 2. The lowest BCUT2D eigenvalue weighted by Gasteiger charge is -2.45. The van der Waals surface area contributed by atoms with Gasteiger partial charge in [0.2, 0.25) is 5.91 Å². The molecule has 3 amide bonds. The second-order valence-electron chi connectivity index (χ2n) is 7.72. The van der Waals surface area contributed by atoms with Gasteiger partial charge in [0.15, 0.2) is 0 Å². The number of likely N-dealkylation sites (tertiary alicyclic amines) is 2. The van der Waals surface area contributed by atoms with E-state index < -0.39 is 12.1 Å². The molecule has 12 heteroatoms. The summed E-state index contributed by atoms with van der Waals surface area (Å²) < 4.78 is 51.6. The Hall–Kier alpha value is -2.73. The summed E-state index contributed by atoms with van der Waals surface area (Å²) in [5.74, 6) is -1.07. The van der Waals surface area contributed by atoms with Gasteiger partial charge in [-0.2, -0.15) is 0 Å². The fraction of sp³-hybridized carbons (Fsp3) is 0.579. The van der Waals surface area contributed by atoms with E-state index in [1.807, 2.05) is 0 Å². The number of phenolic OH excluding ortho intramolecular Hbond substituents is 1. The van der Waals surface area contributed by atoms with Crippen LogP contribution in [-0.2, 0) is 20.9 Å². The van der Waals surface area contributed by atoms with Gasteiger partial charge >= 0.3 is 12.4 Å². The van der Waals surface area contributed by atoms with Crippen LogP contribution in [-0.4, -0.2) is 84.2 Å². The van der Waals surface area contributed by atoms with Crippen molar-refractivity contribution in [2.45, 2.75) is 37.6 Å². The average molecular weight is 445 g/mol. The molecule has 31 heavy (non-hydrogen) atoms. The number of piperidine rings is 1. The third-order valence-corrected chi connectivity index (χ3v) is 5.48. The number of alkyl halides is 3. The Bertz CT molecular complexity index is 846. The molecule has 0 unspecified atom stereocenters. The van der Waals surface area contributed by atoms with Crippen LogP contribution in [0.15, 0.2) is 18.2 Å². The van der Waals surface area contributed by atoms with E-state index in [1.54, 1.807) is 9.80 Å². The van der Waals surface area contributed by atoms with Gasteiger partial charge in [0.1, 0.15) is 18.1 Å². The summed E-state index contributed by atoms with van der Waals surface area (Å²) in [4.78, 5) is 27.4. The molecule has 3 fully saturated rings. The van der Waals surface area contributed by atoms with Gasteiger partial charge in [-0.05, 0) is 18.6 Å². The van der Waals surface area contributed by atoms with E-state index in [0.717, 1.165) is 12.1 Å². The molecule has 0 aromatic heterocycles. The summed E-state index contributed by atoms with van der Waals surface area (Å²) in [6.07, 6.45) is -4.51. The number of aromatic hydroxyl groups is 1. The van der Waals surface area contributed by atoms with Gasteiger partial charge in [0, 0.05) is 24.7 Å². The number of morpholine rings is 1. The number of benzene rings is 1. The number of fused-ring (bicyclic) bond motifs is 1. The average Bonchev–Trinajstić information content (AvgIpc) is 2.66. The number of halogens is 3. The summed E-state index contributed by atoms with van der Waals surface area (Å²) in [7, 11) is 0. The maximum absolute atomic E-state index is 12.7. The molecule has 0 bridgehead atoms. The number of urea groups is 1. The second-order valence-corrected chi connectivity index (χ2v) is 7.72. The Morgan fingerprint density at radius 3 is 2.74 bits per heavy atom. The first-order valence-corrected chi connectivity index (χ1v) is 9.82. The standard InChI is InChI=1S/C19H22F3N3O6/c20-19(21,22)31-12-2-1-11(15(26)5-12)9-29-13-6-25(7-13)18(28)24-4-3-16-14(8-24)23-17(27)10-30-16/h1-2,5,13-14,16,26H,3-4,6-10H2,(H,23,27)/t14-,16+/m1/s1. The first-order valence-electron chi connectivity index (χ1n) is 9.82. The molecule has 9 nitrogen and oxygen atoms in total. The van der Waals surface area contributed by atoms with E-state index in [1.165, 1.54) is 6.07 Å². The van der Waals surface area contributed by atoms with Crippen LogP contribution in [0.2, 0.25) is 0 Å². The summed E-state index contributed by atoms with van der Waals surface area (Å²) in [6, 6.07) is 2.91. The van der Waals surface area contributed by atoms with Crippen LogP contribution in [0.5, 0.6) is 11.5 Å². The molecule has 0 radical (unpaired) electrons. The summed E-state index contributed by atoms with van der Waals surface area (Å²) in [5, 5.41) is 12.7. The van der Waals surface area contributed by atoms with Gasteiger partial charge in [0.25, 0.3) is 0 Å². The molecular weight excluding hydrogens is 423 g/mol. The van der Waals surface area contributed by atoms with E-state index in [9.17, 15) is 27.9 Å². The maximum Gasteiger partial charge on any atom is 0.573 e. The number of nitrogens with one attached hydrogen (secondary N) is 1. The van der Waals surface area contributed by atoms with Gasteiger partial charge in [-0.1, -0.05) is 0 Å². The van der Waals surface area contributed by atoms with Crippen molar-refractivity contribution in [2.75, 3.05) is 32.8 Å². The zero-order valence-electron chi connectivity index (χ0n) is 16.4. The largest absolute Gasteiger partial charge is 0.573 e. The van der Waals surface area contributed by atoms with Crippen LogP contribution in [0.1, 0.15) is 12.0 Å². The fourth-order valence-corrected chi connectivity index (χ4v) is 3.84. The minimum atomic E-state index is -4.84. The summed E-state index contributed by atoms with van der Waals surface area (Å²) >= 11 is 0. The number of nitrogens with zero attached hydrogens (tertiary/aromatic N) is 2. The molecule has 3 heterocycles. The second kappa shape index (κ2) is 8.42. The third kappa shape index (κ3) is 5.13. The molecule has 1 aromatic rings. The Labute approximate surface area is 175 Å². The lowest BCUT2D eigenvalue weighted by Crippen LogP contribution is -2.65. The van der Waals surface area contributed by atoms with Gasteiger partial charge < -0.3 is 34.4 Å². The zero-order valence-corrected chi connectivity index (χ0v) is 16.4. The fourth-order valence-electron chi connectivity index (χ4n) is 3.84. The van der Waals surface area contributed by atoms with Crippen molar-refractivity contribution in [3.05, 3.63) is 23.8 Å². The molecule has 170 valence electrons. The van der Waals surface area contributed by atoms with Crippen molar-refractivity contribution in [1.29, 1.82) is 0 Å². The monoisotopic (exact) mass is 445 g/mol. The molecule has 2 atom stereocenters. The van der Waals surface area contributed by atoms with Crippen LogP contribution >= 0.6 is 0 Å². The number of ether oxygens (including phenoxy) is 3. The van der Waals surface area contributed by atoms with E-state index >= 15 is 0 Å². The summed E-state index contributed by atoms with van der Waals surface area (Å²) in [5.41, 5.74) is 0.314. The van der Waals surface area contributed by atoms with E-state index in [0.29, 0.717) is 38.2 Å². The molecule has 2 N–H and O–H groups in total. The van der Waals surface area contributed by atoms with Gasteiger partial charge in [-0.25, -0.2) is 4.79 Å². The lowest BCUT2D eigenvalue weighted by atomic mass is 10.0. The molecule has 1 aromatic carbocycles. The Morgan fingerprint density at radius 1 is 1.26 bits per heavy atom. The number of phenols is 1. The zero-order chi connectivity index (χ0) is 22.2. The van der Waals surface area contributed by atoms with Crippen LogP contribution in [0.25, 0.3) is 0 Å². The first kappa shape index (κ1) is 21.5. The van der Waals surface area contributed by atoms with E-state index in [2.05, 4.69) is 10.1 Å². The quantitative estimate of drug-likeness (QED) is 0.723. The highest BCUT2D eigenvalue weighted by Gasteiger charge is 2.40. The Kier molecular flexibility index (Phi) is 5.84. The van der Waals surface area contributed by atoms with E-state index in [4.69, 9.17) is 9.47 Å². The van der Waals surface area contributed by atoms with Crippen LogP contribution in [0.3, 0.4) is 0 Å². The van der Waals surface area contributed by atoms with Crippen molar-refractivity contribution < 1.29 is 42.1 Å². The Morgan fingerprint density at radius 2 is 2.03 bits per heavy atom. The van der Waals surface area contributed by atoms with Gasteiger partial charge in [-0.15, -0.1) is 13.2 Å². The minimum Gasteiger partial charge on any atom is -0.507 e. The molecule has 3 aliphatic heterocycles. The van der Waals surface area contributed by atoms with Crippen molar-refractivity contribution in [3.63, 3.8) is 0 Å². The highest BCUT2D eigenvalue weighted by Crippen LogP contribution is 2.29. The number of amides is 3. The number of hydrogen-bond donors (Lipinski definition) is 2. The van der Waals surface area contributed by atoms with Crippen LogP contribution in [0, 0.1) is 0 Å². The lowest BCUT2D eigenvalue weighted by molar-refractivity contribution is -0.274. The predicted octanol–water partition coefficient (Wildman–Crippen LogP) is 1.20. The molecule has 4 rings (SSSR count). The van der Waals surface area contributed by atoms with Crippen molar-refractivity contribution in [1.82, 2.24) is 15.1 Å². The number of rotatable bonds is 4. The molecule has 0 spiro atoms. The van der Waals surface area contributed by atoms with Crippen molar-refractivity contribution in [3.8, 4) is 11.5 Å². The highest BCUT2D eigenvalue weighted by atomic mass is 19.4. The minimum absolute atomic E-state index is 0.0122. The predicted molar refractivity (Wildman–Crippen MR) is 98.2 cm³/mol.